The molecule has 0 saturated heterocycles. The van der Waals surface area contributed by atoms with Crippen LogP contribution in [0.25, 0.3) is 5.69 Å². The summed E-state index contributed by atoms with van der Waals surface area (Å²) in [4.78, 5) is 12.8. The average molecular weight is 483 g/mol. The molecule has 164 valence electrons. The van der Waals surface area contributed by atoms with Crippen LogP contribution in [0.4, 0.5) is 5.69 Å². The molecule has 0 bridgehead atoms. The van der Waals surface area contributed by atoms with E-state index < -0.39 is 0 Å². The molecule has 1 N–H and O–H groups in total. The van der Waals surface area contributed by atoms with Crippen molar-refractivity contribution in [1.82, 2.24) is 9.78 Å². The van der Waals surface area contributed by atoms with Crippen LogP contribution in [-0.2, 0) is 16.0 Å². The highest BCUT2D eigenvalue weighted by Crippen LogP contribution is 2.33. The molecule has 31 heavy (non-hydrogen) atoms. The first-order chi connectivity index (χ1) is 14.8. The lowest BCUT2D eigenvalue weighted by atomic mass is 10.1. The summed E-state index contributed by atoms with van der Waals surface area (Å²) < 4.78 is 12.4. The monoisotopic (exact) mass is 481 g/mol. The number of nitrogens with one attached hydrogen (secondary N) is 1. The summed E-state index contributed by atoms with van der Waals surface area (Å²) >= 11 is 18.4. The molecule has 0 unspecified atom stereocenters. The number of ether oxygens (including phenoxy) is 2. The molecule has 1 heterocycles. The van der Waals surface area contributed by atoms with E-state index in [0.29, 0.717) is 39.7 Å². The van der Waals surface area contributed by atoms with Crippen molar-refractivity contribution in [2.24, 2.45) is 0 Å². The van der Waals surface area contributed by atoms with Gasteiger partial charge in [-0.15, -0.1) is 0 Å². The molecule has 0 spiro atoms. The second-order valence-electron chi connectivity index (χ2n) is 6.84. The Balaban J connectivity index is 1.80. The van der Waals surface area contributed by atoms with Crippen LogP contribution >= 0.6 is 34.8 Å². The van der Waals surface area contributed by atoms with Gasteiger partial charge in [-0.25, -0.2) is 4.68 Å². The number of hydrogen-bond donors (Lipinski definition) is 1. The fourth-order valence-corrected chi connectivity index (χ4v) is 3.66. The zero-order valence-electron chi connectivity index (χ0n) is 17.3. The Morgan fingerprint density at radius 1 is 1.06 bits per heavy atom. The normalized spacial score (nSPS) is 10.9. The molecule has 0 fully saturated rings. The van der Waals surface area contributed by atoms with E-state index in [1.165, 1.54) is 0 Å². The van der Waals surface area contributed by atoms with E-state index in [2.05, 4.69) is 10.4 Å². The number of nitrogens with zero attached hydrogens (tertiary/aromatic N) is 2. The molecule has 0 aliphatic carbocycles. The van der Waals surface area contributed by atoms with Crippen molar-refractivity contribution in [3.05, 3.63) is 68.4 Å². The Kier molecular flexibility index (Phi) is 7.84. The molecule has 9 heteroatoms. The fraction of sp³-hybridized carbons (Fsp3) is 0.273. The number of benzene rings is 2. The van der Waals surface area contributed by atoms with Crippen LogP contribution in [0.3, 0.4) is 0 Å². The van der Waals surface area contributed by atoms with Gasteiger partial charge in [-0.2, -0.15) is 5.10 Å². The topological polar surface area (TPSA) is 65.4 Å². The van der Waals surface area contributed by atoms with E-state index in [-0.39, 0.29) is 12.3 Å². The Hall–Kier alpha value is -2.25. The van der Waals surface area contributed by atoms with E-state index in [1.807, 2.05) is 19.9 Å². The number of rotatable bonds is 8. The van der Waals surface area contributed by atoms with E-state index >= 15 is 0 Å². The molecule has 1 aromatic heterocycles. The minimum absolute atomic E-state index is 0.142. The number of aromatic nitrogens is 2. The third kappa shape index (κ3) is 5.52. The van der Waals surface area contributed by atoms with Gasteiger partial charge in [0, 0.05) is 18.4 Å². The summed E-state index contributed by atoms with van der Waals surface area (Å²) in [6.07, 6.45) is 0.142. The summed E-state index contributed by atoms with van der Waals surface area (Å²) in [6, 6.07) is 10.5. The highest BCUT2D eigenvalue weighted by molar-refractivity contribution is 6.42. The van der Waals surface area contributed by atoms with Gasteiger partial charge in [-0.05, 0) is 44.2 Å². The summed E-state index contributed by atoms with van der Waals surface area (Å²) in [6.45, 7) is 4.49. The summed E-state index contributed by atoms with van der Waals surface area (Å²) in [5.74, 6) is 0.202. The molecule has 3 rings (SSSR count). The molecule has 0 radical (unpaired) electrons. The highest BCUT2D eigenvalue weighted by atomic mass is 35.5. The number of halogens is 3. The van der Waals surface area contributed by atoms with Gasteiger partial charge in [0.15, 0.2) is 5.75 Å². The smallest absolute Gasteiger partial charge is 0.229 e. The zero-order valence-corrected chi connectivity index (χ0v) is 19.6. The van der Waals surface area contributed by atoms with Gasteiger partial charge in [0.1, 0.15) is 6.61 Å². The van der Waals surface area contributed by atoms with Gasteiger partial charge in [0.2, 0.25) is 5.91 Å². The van der Waals surface area contributed by atoms with Crippen LogP contribution in [0.5, 0.6) is 5.75 Å². The number of aryl methyl sites for hydroxylation is 1. The van der Waals surface area contributed by atoms with Crippen molar-refractivity contribution in [3.63, 3.8) is 0 Å². The maximum absolute atomic E-state index is 12.8. The maximum Gasteiger partial charge on any atom is 0.229 e. The lowest BCUT2D eigenvalue weighted by Crippen LogP contribution is -2.17. The molecule has 0 aliphatic heterocycles. The number of amides is 1. The van der Waals surface area contributed by atoms with Gasteiger partial charge in [-0.1, -0.05) is 40.9 Å². The van der Waals surface area contributed by atoms with Crippen molar-refractivity contribution in [3.8, 4) is 11.4 Å². The Bertz CT molecular complexity index is 1100. The van der Waals surface area contributed by atoms with Crippen molar-refractivity contribution in [1.29, 1.82) is 0 Å². The van der Waals surface area contributed by atoms with Gasteiger partial charge in [-0.3, -0.25) is 4.79 Å². The van der Waals surface area contributed by atoms with Crippen molar-refractivity contribution in [2.45, 2.75) is 20.3 Å². The molecule has 1 amide bonds. The van der Waals surface area contributed by atoms with Crippen LogP contribution in [0.2, 0.25) is 15.1 Å². The first kappa shape index (κ1) is 23.4. The van der Waals surface area contributed by atoms with Crippen molar-refractivity contribution < 1.29 is 14.3 Å². The average Bonchev–Trinajstić information content (AvgIpc) is 3.00. The second kappa shape index (κ2) is 10.4. The van der Waals surface area contributed by atoms with E-state index in [0.717, 1.165) is 22.6 Å². The van der Waals surface area contributed by atoms with Crippen LogP contribution in [-0.4, -0.2) is 36.0 Å². The number of anilines is 1. The lowest BCUT2D eigenvalue weighted by molar-refractivity contribution is -0.115. The van der Waals surface area contributed by atoms with Gasteiger partial charge in [0.05, 0.1) is 45.2 Å². The summed E-state index contributed by atoms with van der Waals surface area (Å²) in [7, 11) is 1.58. The number of methoxy groups -OCH3 is 1. The Morgan fingerprint density at radius 2 is 1.84 bits per heavy atom. The van der Waals surface area contributed by atoms with Crippen LogP contribution in [0.1, 0.15) is 17.0 Å². The highest BCUT2D eigenvalue weighted by Gasteiger charge is 2.18. The molecule has 3 aromatic rings. The zero-order chi connectivity index (χ0) is 22.5. The maximum atomic E-state index is 12.8. The third-order valence-corrected chi connectivity index (χ3v) is 5.74. The van der Waals surface area contributed by atoms with E-state index in [9.17, 15) is 4.79 Å². The Morgan fingerprint density at radius 3 is 2.55 bits per heavy atom. The molecule has 0 aliphatic rings. The quantitative estimate of drug-likeness (QED) is 0.421. The van der Waals surface area contributed by atoms with Crippen molar-refractivity contribution in [2.75, 3.05) is 25.6 Å². The van der Waals surface area contributed by atoms with Gasteiger partial charge >= 0.3 is 0 Å². The lowest BCUT2D eigenvalue weighted by Gasteiger charge is -2.14. The van der Waals surface area contributed by atoms with Gasteiger partial charge in [0.25, 0.3) is 0 Å². The first-order valence-corrected chi connectivity index (χ1v) is 10.7. The molecule has 0 saturated carbocycles. The minimum atomic E-state index is -0.209. The predicted molar refractivity (Wildman–Crippen MR) is 124 cm³/mol. The molecule has 2 aromatic carbocycles. The second-order valence-corrected chi connectivity index (χ2v) is 8.06. The summed E-state index contributed by atoms with van der Waals surface area (Å²) in [5, 5.41) is 8.77. The van der Waals surface area contributed by atoms with E-state index in [4.69, 9.17) is 44.3 Å². The first-order valence-electron chi connectivity index (χ1n) is 9.52. The standard InChI is InChI=1S/C22H22Cl3N3O3/c1-13-16(14(2)28(27-13)15-7-8-17(23)19(25)11-15)12-21(29)26-20-6-4-5-18(24)22(20)31-10-9-30-3/h4-8,11H,9-10,12H2,1-3H3,(H,26,29). The SMILES string of the molecule is COCCOc1c(Cl)cccc1NC(=O)Cc1c(C)nn(-c2ccc(Cl)c(Cl)c2)c1C. The fourth-order valence-electron chi connectivity index (χ4n) is 3.13. The number of carbonyl (C=O) groups is 1. The molecule has 0 atom stereocenters. The number of para-hydroxylation sites is 1. The van der Waals surface area contributed by atoms with E-state index in [1.54, 1.807) is 42.1 Å². The Labute approximate surface area is 196 Å². The van der Waals surface area contributed by atoms with Crippen molar-refractivity contribution >= 4 is 46.4 Å². The molecular formula is C22H22Cl3N3O3. The minimum Gasteiger partial charge on any atom is -0.487 e. The molecular weight excluding hydrogens is 461 g/mol. The largest absolute Gasteiger partial charge is 0.487 e. The number of hydrogen-bond acceptors (Lipinski definition) is 4. The summed E-state index contributed by atoms with van der Waals surface area (Å²) in [5.41, 5.74) is 3.69. The third-order valence-electron chi connectivity index (χ3n) is 4.70. The molecule has 6 nitrogen and oxygen atoms in total. The number of carbonyl (C=O) groups excluding carboxylic acids is 1. The van der Waals surface area contributed by atoms with Gasteiger partial charge < -0.3 is 14.8 Å². The van der Waals surface area contributed by atoms with Crippen LogP contribution in [0.15, 0.2) is 36.4 Å². The van der Waals surface area contributed by atoms with Crippen LogP contribution in [0, 0.1) is 13.8 Å². The predicted octanol–water partition coefficient (Wildman–Crippen LogP) is 5.66. The van der Waals surface area contributed by atoms with Crippen LogP contribution < -0.4 is 10.1 Å².